The molecule has 14 heteroatoms. The number of nitrogens with zero attached hydrogens (tertiary/aromatic N) is 6. The Balaban J connectivity index is 0.863. The van der Waals surface area contributed by atoms with Gasteiger partial charge in [0.2, 0.25) is 11.8 Å². The molecule has 5 aliphatic rings. The number of pyridine rings is 1. The summed E-state index contributed by atoms with van der Waals surface area (Å²) in [5.74, 6) is -1.28. The fraction of sp³-hybridized carbons (Fsp3) is 0.405. The first-order valence-corrected chi connectivity index (χ1v) is 19.7. The van der Waals surface area contributed by atoms with Crippen LogP contribution in [0.5, 0.6) is 0 Å². The van der Waals surface area contributed by atoms with Crippen molar-refractivity contribution in [2.75, 3.05) is 30.0 Å². The number of aromatic nitrogens is 3. The van der Waals surface area contributed by atoms with Crippen molar-refractivity contribution in [1.29, 1.82) is 0 Å². The van der Waals surface area contributed by atoms with Gasteiger partial charge in [0.25, 0.3) is 11.8 Å². The molecule has 5 heterocycles. The Morgan fingerprint density at radius 2 is 1.68 bits per heavy atom. The van der Waals surface area contributed by atoms with Crippen LogP contribution in [-0.4, -0.2) is 80.0 Å². The highest BCUT2D eigenvalue weighted by Crippen LogP contribution is 2.46. The van der Waals surface area contributed by atoms with E-state index in [1.807, 2.05) is 42.5 Å². The van der Waals surface area contributed by atoms with Crippen LogP contribution in [0.1, 0.15) is 102 Å². The van der Waals surface area contributed by atoms with E-state index in [-0.39, 0.29) is 36.1 Å². The summed E-state index contributed by atoms with van der Waals surface area (Å²) < 4.78 is 2.09. The number of rotatable bonds is 11. The van der Waals surface area contributed by atoms with Gasteiger partial charge in [-0.05, 0) is 93.2 Å². The minimum atomic E-state index is -0.991. The Morgan fingerprint density at radius 3 is 2.45 bits per heavy atom. The quantitative estimate of drug-likeness (QED) is 0.141. The number of amides is 5. The lowest BCUT2D eigenvalue weighted by atomic mass is 9.80. The second kappa shape index (κ2) is 14.9. The fourth-order valence-corrected chi connectivity index (χ4v) is 8.25. The monoisotopic (exact) mass is 756 g/mol. The molecule has 2 aromatic carbocycles. The molecule has 2 saturated heterocycles. The predicted octanol–water partition coefficient (Wildman–Crippen LogP) is 5.83. The molecule has 2 aromatic heterocycles. The summed E-state index contributed by atoms with van der Waals surface area (Å²) >= 11 is 0. The molecule has 5 amide bonds. The summed E-state index contributed by atoms with van der Waals surface area (Å²) in [5, 5.41) is 12.5. The molecular weight excluding hydrogens is 713 g/mol. The molecule has 0 spiro atoms. The summed E-state index contributed by atoms with van der Waals surface area (Å²) in [7, 11) is 0. The maximum absolute atomic E-state index is 13.3. The minimum absolute atomic E-state index is 0.0798. The van der Waals surface area contributed by atoms with Gasteiger partial charge >= 0.3 is 6.09 Å². The van der Waals surface area contributed by atoms with Gasteiger partial charge in [0.05, 0.1) is 40.8 Å². The van der Waals surface area contributed by atoms with Gasteiger partial charge in [0.1, 0.15) is 6.04 Å². The fourth-order valence-electron chi connectivity index (χ4n) is 8.25. The SMILES string of the molecule is O=C1CCC(N2C(=O)c3ccc(NCC4CC(n5cc(-c6cc(N(Cc7ccccc7)OC(=O)N7CCCCC7)ccn6)c(C6CC6)n5)C4)cc3C2=O)C(=O)N1. The van der Waals surface area contributed by atoms with E-state index in [2.05, 4.69) is 21.5 Å². The van der Waals surface area contributed by atoms with E-state index in [0.29, 0.717) is 38.0 Å². The number of benzene rings is 2. The third-order valence-corrected chi connectivity index (χ3v) is 11.6. The molecule has 2 saturated carbocycles. The summed E-state index contributed by atoms with van der Waals surface area (Å²) in [5.41, 5.74) is 5.86. The molecule has 4 aromatic rings. The zero-order valence-corrected chi connectivity index (χ0v) is 31.1. The molecule has 9 rings (SSSR count). The van der Waals surface area contributed by atoms with Crippen molar-refractivity contribution in [2.45, 2.75) is 82.3 Å². The summed E-state index contributed by atoms with van der Waals surface area (Å²) in [6, 6.07) is 18.2. The number of hydrogen-bond donors (Lipinski definition) is 2. The first-order chi connectivity index (χ1) is 27.3. The lowest BCUT2D eigenvalue weighted by Gasteiger charge is -2.35. The van der Waals surface area contributed by atoms with Crippen LogP contribution in [0.15, 0.2) is 73.1 Å². The number of likely N-dealkylation sites (tertiary alicyclic amines) is 1. The summed E-state index contributed by atoms with van der Waals surface area (Å²) in [6.45, 7) is 2.49. The normalized spacial score (nSPS) is 22.0. The van der Waals surface area contributed by atoms with Crippen molar-refractivity contribution in [1.82, 2.24) is 29.9 Å². The van der Waals surface area contributed by atoms with Gasteiger partial charge in [-0.3, -0.25) is 39.1 Å². The average Bonchev–Trinajstić information content (AvgIpc) is 3.91. The third-order valence-electron chi connectivity index (χ3n) is 11.6. The highest BCUT2D eigenvalue weighted by molar-refractivity contribution is 6.23. The average molecular weight is 757 g/mol. The van der Waals surface area contributed by atoms with Gasteiger partial charge in [0.15, 0.2) is 0 Å². The number of carbonyl (C=O) groups is 5. The zero-order chi connectivity index (χ0) is 38.3. The molecule has 1 unspecified atom stereocenters. The lowest BCUT2D eigenvalue weighted by molar-refractivity contribution is -0.136. The topological polar surface area (TPSA) is 159 Å². The van der Waals surface area contributed by atoms with Gasteiger partial charge in [0, 0.05) is 55.6 Å². The Hall–Kier alpha value is -6.05. The number of fused-ring (bicyclic) bond motifs is 1. The molecule has 2 N–H and O–H groups in total. The second-order valence-electron chi connectivity index (χ2n) is 15.6. The van der Waals surface area contributed by atoms with Crippen molar-refractivity contribution in [3.05, 3.63) is 95.4 Å². The molecule has 0 radical (unpaired) electrons. The Bertz CT molecular complexity index is 2190. The molecule has 1 atom stereocenters. The first kappa shape index (κ1) is 35.6. The van der Waals surface area contributed by atoms with Crippen LogP contribution < -0.4 is 15.7 Å². The van der Waals surface area contributed by atoms with Crippen molar-refractivity contribution < 1.29 is 28.8 Å². The molecule has 4 fully saturated rings. The number of nitrogens with one attached hydrogen (secondary N) is 2. The van der Waals surface area contributed by atoms with E-state index in [0.717, 1.165) is 83.7 Å². The van der Waals surface area contributed by atoms with E-state index in [4.69, 9.17) is 14.9 Å². The number of imide groups is 2. The van der Waals surface area contributed by atoms with Crippen LogP contribution in [0.2, 0.25) is 0 Å². The molecular formula is C42H44N8O6. The van der Waals surface area contributed by atoms with Crippen LogP contribution in [0.3, 0.4) is 0 Å². The van der Waals surface area contributed by atoms with Gasteiger partial charge < -0.3 is 15.1 Å². The summed E-state index contributed by atoms with van der Waals surface area (Å²) in [4.78, 5) is 77.3. The van der Waals surface area contributed by atoms with E-state index in [1.165, 1.54) is 0 Å². The second-order valence-corrected chi connectivity index (χ2v) is 15.6. The number of carbonyl (C=O) groups excluding carboxylic acids is 5. The van der Waals surface area contributed by atoms with E-state index in [9.17, 15) is 24.0 Å². The number of piperidine rings is 2. The number of hydroxylamine groups is 1. The molecule has 2 aliphatic carbocycles. The van der Waals surface area contributed by atoms with E-state index in [1.54, 1.807) is 34.4 Å². The standard InChI is InChI=1S/C42H44N8O6/c51-37-14-13-36(39(52)45-37)50-40(53)32-12-11-29(21-33(32)41(50)54)44-23-27-19-31(20-27)48-25-34(38(46-48)28-9-10-28)35-22-30(15-16-43-35)49(24-26-7-3-1-4-8-26)56-42(55)47-17-5-2-6-18-47/h1,3-4,7-8,11-12,15-16,21-22,25,27-28,31,36,44H,2,5-6,9-10,13-14,17-20,23-24H2,(H,45,51,52). The predicted molar refractivity (Wildman–Crippen MR) is 205 cm³/mol. The largest absolute Gasteiger partial charge is 0.434 e. The van der Waals surface area contributed by atoms with E-state index >= 15 is 0 Å². The molecule has 3 aliphatic heterocycles. The van der Waals surface area contributed by atoms with Crippen LogP contribution in [0, 0.1) is 5.92 Å². The van der Waals surface area contributed by atoms with Gasteiger partial charge in [-0.15, -0.1) is 0 Å². The van der Waals surface area contributed by atoms with Crippen LogP contribution in [-0.2, 0) is 21.0 Å². The molecule has 56 heavy (non-hydrogen) atoms. The number of hydrogen-bond acceptors (Lipinski definition) is 10. The molecule has 0 bridgehead atoms. The Kier molecular flexibility index (Phi) is 9.47. The van der Waals surface area contributed by atoms with Crippen molar-refractivity contribution in [3.63, 3.8) is 0 Å². The lowest BCUT2D eigenvalue weighted by Crippen LogP contribution is -2.54. The minimum Gasteiger partial charge on any atom is -0.385 e. The smallest absolute Gasteiger partial charge is 0.385 e. The van der Waals surface area contributed by atoms with Gasteiger partial charge in [-0.1, -0.05) is 30.3 Å². The molecule has 288 valence electrons. The van der Waals surface area contributed by atoms with Crippen LogP contribution >= 0.6 is 0 Å². The highest BCUT2D eigenvalue weighted by atomic mass is 16.7. The van der Waals surface area contributed by atoms with Crippen molar-refractivity contribution in [3.8, 4) is 11.3 Å². The zero-order valence-electron chi connectivity index (χ0n) is 31.1. The molecule has 14 nitrogen and oxygen atoms in total. The van der Waals surface area contributed by atoms with E-state index < -0.39 is 29.7 Å². The summed E-state index contributed by atoms with van der Waals surface area (Å²) in [6.07, 6.45) is 10.9. The third kappa shape index (κ3) is 7.11. The highest BCUT2D eigenvalue weighted by Gasteiger charge is 2.45. The maximum Gasteiger partial charge on any atom is 0.434 e. The Labute approximate surface area is 324 Å². The van der Waals surface area contributed by atoms with Gasteiger partial charge in [-0.2, -0.15) is 5.10 Å². The maximum atomic E-state index is 13.3. The van der Waals surface area contributed by atoms with Gasteiger partial charge in [-0.25, -0.2) is 9.86 Å². The van der Waals surface area contributed by atoms with Crippen molar-refractivity contribution in [2.24, 2.45) is 5.92 Å². The Morgan fingerprint density at radius 1 is 0.893 bits per heavy atom. The number of anilines is 2. The van der Waals surface area contributed by atoms with Crippen molar-refractivity contribution >= 4 is 41.1 Å². The van der Waals surface area contributed by atoms with Crippen LogP contribution in [0.4, 0.5) is 16.2 Å². The van der Waals surface area contributed by atoms with Crippen LogP contribution in [0.25, 0.3) is 11.3 Å². The first-order valence-electron chi connectivity index (χ1n) is 19.7.